The number of Topliss-reactive ketones (excluding diaryl/α,β-unsaturated/α-hetero) is 1. The Morgan fingerprint density at radius 1 is 1.29 bits per heavy atom. The molecule has 0 aromatic heterocycles. The van der Waals surface area contributed by atoms with Crippen molar-refractivity contribution in [1.29, 1.82) is 0 Å². The second-order valence-corrected chi connectivity index (χ2v) is 2.95. The topological polar surface area (TPSA) is 46.2 Å². The SMILES string of the molecule is CCC(=O)C(=O)NCc1ccccc1.[HH]. The van der Waals surface area contributed by atoms with Crippen LogP contribution in [0.3, 0.4) is 0 Å². The average Bonchev–Trinajstić information content (AvgIpc) is 2.26. The van der Waals surface area contributed by atoms with Gasteiger partial charge in [-0.25, -0.2) is 0 Å². The number of amides is 1. The molecule has 0 bridgehead atoms. The smallest absolute Gasteiger partial charge is 0.287 e. The van der Waals surface area contributed by atoms with Crippen molar-refractivity contribution in [1.82, 2.24) is 5.32 Å². The summed E-state index contributed by atoms with van der Waals surface area (Å²) in [4.78, 5) is 22.0. The summed E-state index contributed by atoms with van der Waals surface area (Å²) in [5.41, 5.74) is 0.991. The molecule has 1 aromatic rings. The molecule has 0 aliphatic carbocycles. The molecule has 1 aromatic carbocycles. The van der Waals surface area contributed by atoms with E-state index < -0.39 is 5.91 Å². The highest BCUT2D eigenvalue weighted by Gasteiger charge is 2.09. The number of rotatable bonds is 4. The zero-order chi connectivity index (χ0) is 10.4. The van der Waals surface area contributed by atoms with E-state index in [1.807, 2.05) is 30.3 Å². The van der Waals surface area contributed by atoms with Crippen LogP contribution in [0.15, 0.2) is 30.3 Å². The molecular weight excluding hydrogens is 178 g/mol. The standard InChI is InChI=1S/C11H13NO2.H2/c1-2-10(13)11(14)12-8-9-6-4-3-5-7-9;/h3-7H,2,8H2,1H3,(H,12,14);1H. The normalized spacial score (nSPS) is 9.50. The van der Waals surface area contributed by atoms with E-state index in [-0.39, 0.29) is 13.6 Å². The molecule has 1 N–H and O–H groups in total. The summed E-state index contributed by atoms with van der Waals surface area (Å²) < 4.78 is 0. The van der Waals surface area contributed by atoms with Crippen LogP contribution in [0.5, 0.6) is 0 Å². The Balaban J connectivity index is 0.00000196. The van der Waals surface area contributed by atoms with Crippen LogP contribution < -0.4 is 5.32 Å². The number of benzene rings is 1. The van der Waals surface area contributed by atoms with Gasteiger partial charge in [-0.1, -0.05) is 37.3 Å². The third-order valence-corrected chi connectivity index (χ3v) is 1.87. The molecule has 1 rings (SSSR count). The molecule has 0 saturated carbocycles. The first-order valence-corrected chi connectivity index (χ1v) is 4.59. The Hall–Kier alpha value is -1.64. The second kappa shape index (κ2) is 5.17. The lowest BCUT2D eigenvalue weighted by atomic mass is 10.2. The Bertz CT molecular complexity index is 325. The third-order valence-electron chi connectivity index (χ3n) is 1.87. The van der Waals surface area contributed by atoms with Gasteiger partial charge in [0, 0.05) is 14.4 Å². The van der Waals surface area contributed by atoms with E-state index >= 15 is 0 Å². The van der Waals surface area contributed by atoms with Gasteiger partial charge in [-0.05, 0) is 5.56 Å². The van der Waals surface area contributed by atoms with Crippen molar-refractivity contribution in [3.8, 4) is 0 Å². The molecule has 1 amide bonds. The minimum absolute atomic E-state index is 0. The number of ketones is 1. The maximum absolute atomic E-state index is 11.1. The lowest BCUT2D eigenvalue weighted by molar-refractivity contribution is -0.137. The second-order valence-electron chi connectivity index (χ2n) is 2.95. The van der Waals surface area contributed by atoms with Crippen molar-refractivity contribution in [2.45, 2.75) is 19.9 Å². The van der Waals surface area contributed by atoms with Crippen molar-refractivity contribution >= 4 is 11.7 Å². The lowest BCUT2D eigenvalue weighted by Gasteiger charge is -2.02. The Kier molecular flexibility index (Phi) is 3.85. The minimum Gasteiger partial charge on any atom is -0.345 e. The first-order chi connectivity index (χ1) is 6.74. The van der Waals surface area contributed by atoms with Crippen molar-refractivity contribution in [2.75, 3.05) is 0 Å². The summed E-state index contributed by atoms with van der Waals surface area (Å²) in [5.74, 6) is -0.878. The third kappa shape index (κ3) is 3.01. The van der Waals surface area contributed by atoms with Crippen LogP contribution >= 0.6 is 0 Å². The summed E-state index contributed by atoms with van der Waals surface area (Å²) in [6, 6.07) is 9.49. The van der Waals surface area contributed by atoms with Crippen LogP contribution in [0.2, 0.25) is 0 Å². The summed E-state index contributed by atoms with van der Waals surface area (Å²) in [7, 11) is 0. The maximum atomic E-state index is 11.1. The van der Waals surface area contributed by atoms with E-state index in [1.54, 1.807) is 6.92 Å². The fourth-order valence-electron chi connectivity index (χ4n) is 1.04. The first-order valence-electron chi connectivity index (χ1n) is 4.59. The number of hydrogen-bond acceptors (Lipinski definition) is 2. The molecule has 0 spiro atoms. The van der Waals surface area contributed by atoms with E-state index in [4.69, 9.17) is 0 Å². The zero-order valence-electron chi connectivity index (χ0n) is 8.12. The molecule has 3 nitrogen and oxygen atoms in total. The highest BCUT2D eigenvalue weighted by molar-refractivity contribution is 6.35. The van der Waals surface area contributed by atoms with Crippen LogP contribution in [0.25, 0.3) is 0 Å². The van der Waals surface area contributed by atoms with Crippen LogP contribution in [0.1, 0.15) is 20.3 Å². The molecule has 0 saturated heterocycles. The van der Waals surface area contributed by atoms with Crippen molar-refractivity contribution in [3.63, 3.8) is 0 Å². The fraction of sp³-hybridized carbons (Fsp3) is 0.273. The van der Waals surface area contributed by atoms with Crippen LogP contribution in [-0.2, 0) is 16.1 Å². The van der Waals surface area contributed by atoms with Crippen LogP contribution in [0.4, 0.5) is 0 Å². The highest BCUT2D eigenvalue weighted by Crippen LogP contribution is 1.97. The van der Waals surface area contributed by atoms with Gasteiger partial charge in [0.05, 0.1) is 0 Å². The zero-order valence-corrected chi connectivity index (χ0v) is 8.12. The van der Waals surface area contributed by atoms with Gasteiger partial charge in [-0.2, -0.15) is 0 Å². The molecule has 0 radical (unpaired) electrons. The molecular formula is C11H15NO2. The van der Waals surface area contributed by atoms with Crippen LogP contribution in [0, 0.1) is 0 Å². The van der Waals surface area contributed by atoms with Gasteiger partial charge in [-0.3, -0.25) is 9.59 Å². The van der Waals surface area contributed by atoms with E-state index in [2.05, 4.69) is 5.32 Å². The molecule has 0 aliphatic rings. The van der Waals surface area contributed by atoms with Gasteiger partial charge in [0.15, 0.2) is 0 Å². The van der Waals surface area contributed by atoms with Crippen molar-refractivity contribution in [3.05, 3.63) is 35.9 Å². The molecule has 14 heavy (non-hydrogen) atoms. The fourth-order valence-corrected chi connectivity index (χ4v) is 1.04. The van der Waals surface area contributed by atoms with Gasteiger partial charge < -0.3 is 5.32 Å². The lowest BCUT2D eigenvalue weighted by Crippen LogP contribution is -2.29. The average molecular weight is 193 g/mol. The van der Waals surface area contributed by atoms with Gasteiger partial charge in [0.25, 0.3) is 5.91 Å². The summed E-state index contributed by atoms with van der Waals surface area (Å²) in [5, 5.41) is 2.56. The Labute approximate surface area is 84.6 Å². The van der Waals surface area contributed by atoms with E-state index in [1.165, 1.54) is 0 Å². The monoisotopic (exact) mass is 193 g/mol. The highest BCUT2D eigenvalue weighted by atomic mass is 16.2. The number of nitrogens with one attached hydrogen (secondary N) is 1. The Morgan fingerprint density at radius 2 is 1.93 bits per heavy atom. The summed E-state index contributed by atoms with van der Waals surface area (Å²) in [6.45, 7) is 2.08. The number of hydrogen-bond donors (Lipinski definition) is 1. The predicted molar refractivity (Wildman–Crippen MR) is 55.7 cm³/mol. The van der Waals surface area contributed by atoms with Gasteiger partial charge in [0.1, 0.15) is 0 Å². The number of carbonyl (C=O) groups excluding carboxylic acids is 2. The van der Waals surface area contributed by atoms with E-state index in [0.29, 0.717) is 6.54 Å². The summed E-state index contributed by atoms with van der Waals surface area (Å²) in [6.07, 6.45) is 0.251. The van der Waals surface area contributed by atoms with Crippen LogP contribution in [-0.4, -0.2) is 11.7 Å². The quantitative estimate of drug-likeness (QED) is 0.737. The molecule has 0 heterocycles. The minimum atomic E-state index is -0.503. The van der Waals surface area contributed by atoms with Crippen molar-refractivity contribution in [2.24, 2.45) is 0 Å². The van der Waals surface area contributed by atoms with E-state index in [0.717, 1.165) is 5.56 Å². The predicted octanol–water partition coefficient (Wildman–Crippen LogP) is 1.53. The molecule has 3 heteroatoms. The summed E-state index contributed by atoms with van der Waals surface area (Å²) >= 11 is 0. The molecule has 0 unspecified atom stereocenters. The van der Waals surface area contributed by atoms with Gasteiger partial charge in [-0.15, -0.1) is 0 Å². The van der Waals surface area contributed by atoms with Crippen molar-refractivity contribution < 1.29 is 11.0 Å². The largest absolute Gasteiger partial charge is 0.345 e. The number of carbonyl (C=O) groups is 2. The van der Waals surface area contributed by atoms with Gasteiger partial charge >= 0.3 is 0 Å². The van der Waals surface area contributed by atoms with E-state index in [9.17, 15) is 9.59 Å². The van der Waals surface area contributed by atoms with Gasteiger partial charge in [0.2, 0.25) is 5.78 Å². The molecule has 0 atom stereocenters. The first kappa shape index (κ1) is 10.4. The Morgan fingerprint density at radius 3 is 2.50 bits per heavy atom. The molecule has 76 valence electrons. The molecule has 0 fully saturated rings. The maximum Gasteiger partial charge on any atom is 0.287 e. The molecule has 0 aliphatic heterocycles.